The Hall–Kier alpha value is -1.50. The molecule has 0 saturated heterocycles. The summed E-state index contributed by atoms with van der Waals surface area (Å²) in [5.41, 5.74) is 0. The predicted octanol–water partition coefficient (Wildman–Crippen LogP) is -4.74. The van der Waals surface area contributed by atoms with Gasteiger partial charge in [-0.15, -0.1) is 0 Å². The van der Waals surface area contributed by atoms with Crippen molar-refractivity contribution in [1.82, 2.24) is 0 Å². The molecule has 0 aromatic carbocycles. The van der Waals surface area contributed by atoms with Gasteiger partial charge in [-0.2, -0.15) is 30.1 Å². The Bertz CT molecular complexity index is 784. The maximum absolute atomic E-state index is 10.2. The van der Waals surface area contributed by atoms with Gasteiger partial charge in [0.05, 0.1) is 0 Å². The van der Waals surface area contributed by atoms with Crippen molar-refractivity contribution in [3.8, 4) is 0 Å². The average Bonchev–Trinajstić information content (AvgIpc) is 2.71. The molecule has 42 heavy (non-hydrogen) atoms. The molecule has 2 radical (unpaired) electrons. The zero-order valence-electron chi connectivity index (χ0n) is 22.0. The number of nitrogens with zero attached hydrogens (tertiary/aromatic N) is 6. The fraction of sp³-hybridized carbons (Fsp3) is 0.111. The van der Waals surface area contributed by atoms with Crippen LogP contribution in [-0.4, -0.2) is 32.6 Å². The van der Waals surface area contributed by atoms with E-state index < -0.39 is 11.9 Å². The predicted molar refractivity (Wildman–Crippen MR) is 165 cm³/mol. The van der Waals surface area contributed by atoms with E-state index in [1.807, 2.05) is 0 Å². The van der Waals surface area contributed by atoms with Crippen LogP contribution in [0.4, 0.5) is 0 Å². The minimum Gasteiger partial charge on any atom is -0.753 e. The summed E-state index contributed by atoms with van der Waals surface area (Å²) < 4.78 is 1.50. The van der Waals surface area contributed by atoms with E-state index in [4.69, 9.17) is 41.4 Å². The number of carboxylic acid groups (broad SMARTS) is 2. The molecule has 24 heteroatoms. The number of carbonyl (C=O) groups is 2. The minimum absolute atomic E-state index is 0. The molecule has 0 saturated carbocycles. The Balaban J connectivity index is -0.0000000178. The molecule has 0 aliphatic heterocycles. The van der Waals surface area contributed by atoms with Crippen LogP contribution >= 0.6 is 48.9 Å². The second-order valence-electron chi connectivity index (χ2n) is 3.82. The standard InChI is InChI=1S/2C5H5NO.2C2H4O2.4CNS.2Nd.6H2O/c2*7-6-4-2-1-3-5-6;2*1-2(3)4;4*2-1-3;;;;;;;;/h2*1-5H;2*1H3,(H,3,4);;;;;;;6*1H2/q;;;;4*-1;2*+3;;;;;;/p+4. The first-order valence-electron chi connectivity index (χ1n) is 7.59. The third-order valence-electron chi connectivity index (χ3n) is 1.38. The Labute approximate surface area is 328 Å². The average molecular weight is 943 g/mol. The van der Waals surface area contributed by atoms with E-state index in [2.05, 4.69) is 48.9 Å². The van der Waals surface area contributed by atoms with Gasteiger partial charge in [0, 0.05) is 36.2 Å². The summed E-state index contributed by atoms with van der Waals surface area (Å²) in [5.74, 6) is -2.17. The van der Waals surface area contributed by atoms with Crippen molar-refractivity contribution < 1.29 is 144 Å². The van der Waals surface area contributed by atoms with Gasteiger partial charge in [-0.1, -0.05) is 61.0 Å². The van der Waals surface area contributed by atoms with E-state index in [1.165, 1.54) is 45.4 Å². The van der Waals surface area contributed by atoms with Gasteiger partial charge in [0.1, 0.15) is 0 Å². The summed E-state index contributed by atoms with van der Waals surface area (Å²) in [6, 6.07) is 10.4. The number of aromatic nitrogens is 2. The molecule has 0 unspecified atom stereocenters. The first-order valence-corrected chi connectivity index (χ1v) is 9.23. The SMILES string of the molecule is CC(=O)[O-].CC(=O)[O-].[N-]=C=S.[N-]=C=S.[N-]=C=S.[N-]=C=S.[Nd+3].[Nd+3].[O-][n+]1ccccc1.[O-][n+]1ccccc1.[OH3+].[OH3+].[OH3+].[OH3+].[OH3+].[OH3+]. The number of thiocarbonyl (C=S) groups is 4. The van der Waals surface area contributed by atoms with Crippen molar-refractivity contribution in [3.05, 3.63) is 93.2 Å². The number of aliphatic carboxylic acids is 2. The van der Waals surface area contributed by atoms with Crippen LogP contribution in [0.2, 0.25) is 0 Å². The fourth-order valence-corrected chi connectivity index (χ4v) is 0.766. The van der Waals surface area contributed by atoms with Crippen LogP contribution in [0.15, 0.2) is 61.2 Å². The van der Waals surface area contributed by atoms with E-state index in [0.29, 0.717) is 0 Å². The number of carbonyl (C=O) groups excluding carboxylic acids is 2. The van der Waals surface area contributed by atoms with Crippen molar-refractivity contribution >= 4 is 81.5 Å². The molecule has 0 spiro atoms. The smallest absolute Gasteiger partial charge is 0.753 e. The monoisotopic (exact) mass is 938 g/mol. The van der Waals surface area contributed by atoms with Gasteiger partial charge < -0.3 is 84.7 Å². The molecular formula is C18H34N6Nd2O12S4+6. The van der Waals surface area contributed by atoms with Crippen LogP contribution in [0, 0.1) is 92.1 Å². The molecule has 2 heterocycles. The topological polar surface area (TPSA) is 421 Å². The van der Waals surface area contributed by atoms with Crippen LogP contribution in [0.5, 0.6) is 0 Å². The zero-order chi connectivity index (χ0) is 28.2. The second kappa shape index (κ2) is 97.5. The number of hydrogen-bond acceptors (Lipinski definition) is 10. The molecule has 0 atom stereocenters. The van der Waals surface area contributed by atoms with Gasteiger partial charge in [-0.3, -0.25) is 0 Å². The van der Waals surface area contributed by atoms with Gasteiger partial charge in [0.2, 0.25) is 0 Å². The van der Waals surface area contributed by atoms with E-state index in [9.17, 15) is 10.4 Å². The summed E-state index contributed by atoms with van der Waals surface area (Å²) in [6.45, 7) is 1.94. The molecule has 2 aromatic rings. The number of hydrogen-bond donors (Lipinski definition) is 0. The van der Waals surface area contributed by atoms with Crippen molar-refractivity contribution in [2.45, 2.75) is 13.8 Å². The molecule has 0 fully saturated rings. The van der Waals surface area contributed by atoms with Crippen LogP contribution in [0.1, 0.15) is 13.8 Å². The molecule has 0 aliphatic carbocycles. The minimum atomic E-state index is -1.08. The number of rotatable bonds is 0. The van der Waals surface area contributed by atoms with Gasteiger partial charge in [-0.05, 0) is 13.8 Å². The Morgan fingerprint density at radius 1 is 0.524 bits per heavy atom. The van der Waals surface area contributed by atoms with Crippen molar-refractivity contribution in [2.75, 3.05) is 0 Å². The molecule has 0 bridgehead atoms. The summed E-state index contributed by atoms with van der Waals surface area (Å²) in [5, 5.41) is 72.0. The van der Waals surface area contributed by atoms with E-state index in [-0.39, 0.29) is 115 Å². The number of carboxylic acids is 2. The molecule has 234 valence electrons. The van der Waals surface area contributed by atoms with Crippen molar-refractivity contribution in [1.29, 1.82) is 0 Å². The Kier molecular flexibility index (Phi) is 209. The second-order valence-corrected chi connectivity index (χ2v) is 4.55. The van der Waals surface area contributed by atoms with Crippen LogP contribution < -0.4 is 19.7 Å². The fourth-order valence-electron chi connectivity index (χ4n) is 0.766. The van der Waals surface area contributed by atoms with Crippen LogP contribution in [0.3, 0.4) is 0 Å². The Morgan fingerprint density at radius 3 is 0.667 bits per heavy atom. The van der Waals surface area contributed by atoms with Gasteiger partial charge in [-0.25, -0.2) is 0 Å². The van der Waals surface area contributed by atoms with Crippen molar-refractivity contribution in [3.63, 3.8) is 0 Å². The maximum Gasteiger partial charge on any atom is 3.00 e. The zero-order valence-corrected chi connectivity index (χ0v) is 31.7. The molecule has 0 amide bonds. The summed E-state index contributed by atoms with van der Waals surface area (Å²) in [6.07, 6.45) is 5.78. The van der Waals surface area contributed by atoms with E-state index in [1.54, 1.807) is 36.4 Å². The number of isothiocyanates is 4. The third kappa shape index (κ3) is 257. The Morgan fingerprint density at radius 2 is 0.619 bits per heavy atom. The molecular weight excluding hydrogens is 909 g/mol. The molecule has 0 aliphatic rings. The van der Waals surface area contributed by atoms with E-state index in [0.717, 1.165) is 23.3 Å². The summed E-state index contributed by atoms with van der Waals surface area (Å²) >= 11 is 14.8. The third-order valence-corrected chi connectivity index (χ3v) is 1.38. The molecule has 2 rings (SSSR count). The van der Waals surface area contributed by atoms with E-state index >= 15 is 0 Å². The molecule has 18 N–H and O–H groups in total. The normalized spacial score (nSPS) is 4.81. The van der Waals surface area contributed by atoms with Crippen LogP contribution in [-0.2, 0) is 42.4 Å². The van der Waals surface area contributed by atoms with Gasteiger partial charge >= 0.3 is 81.7 Å². The summed E-state index contributed by atoms with van der Waals surface area (Å²) in [7, 11) is 0. The first kappa shape index (κ1) is 90.0. The summed E-state index contributed by atoms with van der Waals surface area (Å²) in [4.78, 5) is 17.8. The quantitative estimate of drug-likeness (QED) is 0.0798. The van der Waals surface area contributed by atoms with Crippen molar-refractivity contribution in [2.24, 2.45) is 0 Å². The first-order chi connectivity index (χ1) is 15.9. The molecule has 2 aromatic heterocycles. The van der Waals surface area contributed by atoms with Gasteiger partial charge in [0.25, 0.3) is 0 Å². The largest absolute Gasteiger partial charge is 3.00 e. The molecule has 18 nitrogen and oxygen atoms in total. The van der Waals surface area contributed by atoms with Crippen LogP contribution in [0.25, 0.3) is 21.6 Å². The maximum atomic E-state index is 10.2. The van der Waals surface area contributed by atoms with Gasteiger partial charge in [0.15, 0.2) is 24.8 Å². The number of pyridine rings is 2.